The second kappa shape index (κ2) is 7.07. The van der Waals surface area contributed by atoms with Crippen LogP contribution in [0.2, 0.25) is 0 Å². The van der Waals surface area contributed by atoms with Crippen molar-refractivity contribution in [2.24, 2.45) is 0 Å². The molecule has 0 fully saturated rings. The Labute approximate surface area is 135 Å². The molecule has 126 valence electrons. The van der Waals surface area contributed by atoms with E-state index in [1.165, 1.54) is 12.1 Å². The van der Waals surface area contributed by atoms with E-state index in [9.17, 15) is 18.0 Å². The van der Waals surface area contributed by atoms with Crippen LogP contribution in [0.4, 0.5) is 5.69 Å². The topological polar surface area (TPSA) is 108 Å². The number of nitrogens with one attached hydrogen (secondary N) is 3. The largest absolute Gasteiger partial charge is 0.354 e. The van der Waals surface area contributed by atoms with Crippen LogP contribution in [-0.4, -0.2) is 58.9 Å². The zero-order valence-electron chi connectivity index (χ0n) is 13.0. The molecule has 0 aliphatic carbocycles. The third-order valence-corrected chi connectivity index (χ3v) is 4.71. The van der Waals surface area contributed by atoms with Gasteiger partial charge < -0.3 is 15.5 Å². The summed E-state index contributed by atoms with van der Waals surface area (Å²) in [7, 11) is -0.0415. The van der Waals surface area contributed by atoms with Gasteiger partial charge in [0.25, 0.3) is 0 Å². The fraction of sp³-hybridized carbons (Fsp3) is 0.429. The molecule has 0 saturated heterocycles. The molecule has 0 unspecified atom stereocenters. The van der Waals surface area contributed by atoms with Gasteiger partial charge in [-0.2, -0.15) is 0 Å². The molecule has 0 saturated carbocycles. The van der Waals surface area contributed by atoms with Gasteiger partial charge in [-0.05, 0) is 37.9 Å². The summed E-state index contributed by atoms with van der Waals surface area (Å²) in [6, 6.07) is 4.39. The van der Waals surface area contributed by atoms with Crippen molar-refractivity contribution >= 4 is 27.5 Å². The van der Waals surface area contributed by atoms with Crippen LogP contribution < -0.4 is 15.4 Å². The summed E-state index contributed by atoms with van der Waals surface area (Å²) in [6.07, 6.45) is 0.156. The normalized spacial score (nSPS) is 13.8. The van der Waals surface area contributed by atoms with Gasteiger partial charge in [-0.15, -0.1) is 0 Å². The average molecular weight is 340 g/mol. The third-order valence-electron chi connectivity index (χ3n) is 3.32. The van der Waals surface area contributed by atoms with Gasteiger partial charge in [-0.25, -0.2) is 13.1 Å². The van der Waals surface area contributed by atoms with Crippen LogP contribution in [0.3, 0.4) is 0 Å². The van der Waals surface area contributed by atoms with E-state index in [0.29, 0.717) is 24.3 Å². The standard InChI is InChI=1S/C14H20N4O4S/c1-18(2)6-5-15-14(20)9-16-23(21,22)11-3-4-12-10(7-11)8-13(19)17-12/h3-4,7,16H,5-6,8-9H2,1-2H3,(H,15,20)(H,17,19). The minimum absolute atomic E-state index is 0.0360. The van der Waals surface area contributed by atoms with Crippen molar-refractivity contribution in [1.82, 2.24) is 14.9 Å². The van der Waals surface area contributed by atoms with Gasteiger partial charge in [-0.3, -0.25) is 9.59 Å². The van der Waals surface area contributed by atoms with Crippen molar-refractivity contribution in [2.45, 2.75) is 11.3 Å². The monoisotopic (exact) mass is 340 g/mol. The van der Waals surface area contributed by atoms with Gasteiger partial charge in [0.2, 0.25) is 21.8 Å². The summed E-state index contributed by atoms with van der Waals surface area (Å²) in [5, 5.41) is 5.26. The number of carbonyl (C=O) groups excluding carboxylic acids is 2. The van der Waals surface area contributed by atoms with E-state index in [-0.39, 0.29) is 23.8 Å². The van der Waals surface area contributed by atoms with Crippen molar-refractivity contribution in [3.05, 3.63) is 23.8 Å². The summed E-state index contributed by atoms with van der Waals surface area (Å²) in [5.41, 5.74) is 1.25. The van der Waals surface area contributed by atoms with Crippen molar-refractivity contribution in [3.63, 3.8) is 0 Å². The van der Waals surface area contributed by atoms with Crippen molar-refractivity contribution < 1.29 is 18.0 Å². The molecule has 2 amide bonds. The predicted molar refractivity (Wildman–Crippen MR) is 85.5 cm³/mol. The van der Waals surface area contributed by atoms with Gasteiger partial charge in [0, 0.05) is 18.8 Å². The summed E-state index contributed by atoms with van der Waals surface area (Å²) in [4.78, 5) is 24.9. The Balaban J connectivity index is 1.93. The SMILES string of the molecule is CN(C)CCNC(=O)CNS(=O)(=O)c1ccc2c(c1)CC(=O)N2. The summed E-state index contributed by atoms with van der Waals surface area (Å²) < 4.78 is 26.6. The fourth-order valence-electron chi connectivity index (χ4n) is 2.10. The second-order valence-electron chi connectivity index (χ2n) is 5.52. The van der Waals surface area contributed by atoms with Gasteiger partial charge in [0.05, 0.1) is 17.9 Å². The highest BCUT2D eigenvalue weighted by molar-refractivity contribution is 7.89. The van der Waals surface area contributed by atoms with E-state index in [2.05, 4.69) is 15.4 Å². The molecule has 23 heavy (non-hydrogen) atoms. The molecule has 3 N–H and O–H groups in total. The lowest BCUT2D eigenvalue weighted by molar-refractivity contribution is -0.120. The molecule has 9 heteroatoms. The first-order valence-corrected chi connectivity index (χ1v) is 8.60. The number of likely N-dealkylation sites (N-methyl/N-ethyl adjacent to an activating group) is 1. The quantitative estimate of drug-likeness (QED) is 0.598. The highest BCUT2D eigenvalue weighted by atomic mass is 32.2. The molecule has 0 atom stereocenters. The molecule has 0 bridgehead atoms. The maximum Gasteiger partial charge on any atom is 0.241 e. The number of carbonyl (C=O) groups is 2. The van der Waals surface area contributed by atoms with Crippen LogP contribution in [0.5, 0.6) is 0 Å². The number of anilines is 1. The van der Waals surface area contributed by atoms with Crippen LogP contribution in [0.25, 0.3) is 0 Å². The lowest BCUT2D eigenvalue weighted by Crippen LogP contribution is -2.39. The minimum Gasteiger partial charge on any atom is -0.354 e. The third kappa shape index (κ3) is 4.75. The molecule has 1 aliphatic heterocycles. The number of amides is 2. The number of fused-ring (bicyclic) bond motifs is 1. The van der Waals surface area contributed by atoms with Gasteiger partial charge >= 0.3 is 0 Å². The zero-order chi connectivity index (χ0) is 17.0. The molecule has 1 aliphatic rings. The first-order chi connectivity index (χ1) is 10.8. The van der Waals surface area contributed by atoms with Crippen molar-refractivity contribution in [2.75, 3.05) is 39.0 Å². The molecule has 1 heterocycles. The number of nitrogens with zero attached hydrogens (tertiary/aromatic N) is 1. The summed E-state index contributed by atoms with van der Waals surface area (Å²) in [6.45, 7) is 0.786. The van der Waals surface area contributed by atoms with Crippen LogP contribution in [0.1, 0.15) is 5.56 Å². The smallest absolute Gasteiger partial charge is 0.241 e. The van der Waals surface area contributed by atoms with Crippen LogP contribution in [0.15, 0.2) is 23.1 Å². The number of hydrogen-bond acceptors (Lipinski definition) is 5. The highest BCUT2D eigenvalue weighted by Gasteiger charge is 2.22. The highest BCUT2D eigenvalue weighted by Crippen LogP contribution is 2.25. The first kappa shape index (κ1) is 17.4. The molecule has 0 spiro atoms. The molecule has 0 radical (unpaired) electrons. The summed E-state index contributed by atoms with van der Waals surface area (Å²) >= 11 is 0. The molecule has 2 rings (SSSR count). The number of sulfonamides is 1. The fourth-order valence-corrected chi connectivity index (χ4v) is 3.13. The van der Waals surface area contributed by atoms with E-state index in [4.69, 9.17) is 0 Å². The van der Waals surface area contributed by atoms with Crippen molar-refractivity contribution in [3.8, 4) is 0 Å². The molecule has 8 nitrogen and oxygen atoms in total. The Bertz CT molecular complexity index is 715. The van der Waals surface area contributed by atoms with Gasteiger partial charge in [0.1, 0.15) is 0 Å². The first-order valence-electron chi connectivity index (χ1n) is 7.12. The Morgan fingerprint density at radius 2 is 2.09 bits per heavy atom. The molecular weight excluding hydrogens is 320 g/mol. The zero-order valence-corrected chi connectivity index (χ0v) is 13.9. The Morgan fingerprint density at radius 3 is 2.78 bits per heavy atom. The maximum atomic E-state index is 12.2. The van der Waals surface area contributed by atoms with E-state index in [1.54, 1.807) is 6.07 Å². The lowest BCUT2D eigenvalue weighted by Gasteiger charge is -2.11. The molecule has 0 aromatic heterocycles. The van der Waals surface area contributed by atoms with Crippen LogP contribution in [0, 0.1) is 0 Å². The second-order valence-corrected chi connectivity index (χ2v) is 7.29. The van der Waals surface area contributed by atoms with E-state index < -0.39 is 15.9 Å². The maximum absolute atomic E-state index is 12.2. The van der Waals surface area contributed by atoms with Crippen molar-refractivity contribution in [1.29, 1.82) is 0 Å². The minimum atomic E-state index is -3.80. The van der Waals surface area contributed by atoms with E-state index in [1.807, 2.05) is 19.0 Å². The van der Waals surface area contributed by atoms with Gasteiger partial charge in [-0.1, -0.05) is 0 Å². The predicted octanol–water partition coefficient (Wildman–Crippen LogP) is -0.863. The Hall–Kier alpha value is -1.97. The van der Waals surface area contributed by atoms with Crippen LogP contribution in [-0.2, 0) is 26.0 Å². The number of hydrogen-bond donors (Lipinski definition) is 3. The number of rotatable bonds is 7. The van der Waals surface area contributed by atoms with Gasteiger partial charge in [0.15, 0.2) is 0 Å². The van der Waals surface area contributed by atoms with E-state index >= 15 is 0 Å². The Kier molecular flexibility index (Phi) is 5.34. The molecule has 1 aromatic rings. The molecular formula is C14H20N4O4S. The lowest BCUT2D eigenvalue weighted by atomic mass is 10.2. The average Bonchev–Trinajstić information content (AvgIpc) is 2.84. The Morgan fingerprint density at radius 1 is 1.35 bits per heavy atom. The number of benzene rings is 1. The van der Waals surface area contributed by atoms with Crippen LogP contribution >= 0.6 is 0 Å². The van der Waals surface area contributed by atoms with E-state index in [0.717, 1.165) is 0 Å². The molecule has 1 aromatic carbocycles. The summed E-state index contributed by atoms with van der Waals surface area (Å²) in [5.74, 6) is -0.559.